The van der Waals surface area contributed by atoms with Gasteiger partial charge in [0.25, 0.3) is 0 Å². The predicted octanol–water partition coefficient (Wildman–Crippen LogP) is 3.29. The first-order valence-corrected chi connectivity index (χ1v) is 7.11. The zero-order valence-electron chi connectivity index (χ0n) is 11.3. The third-order valence-corrected chi connectivity index (χ3v) is 4.11. The van der Waals surface area contributed by atoms with E-state index in [2.05, 4.69) is 31.2 Å². The minimum Gasteiger partial charge on any atom is -0.390 e. The lowest BCUT2D eigenvalue weighted by Gasteiger charge is -2.34. The van der Waals surface area contributed by atoms with E-state index in [1.165, 1.54) is 18.4 Å². The van der Waals surface area contributed by atoms with Gasteiger partial charge in [-0.15, -0.1) is 0 Å². The molecule has 1 saturated carbocycles. The largest absolute Gasteiger partial charge is 0.390 e. The van der Waals surface area contributed by atoms with Crippen LogP contribution in [0.4, 0.5) is 0 Å². The third-order valence-electron chi connectivity index (χ3n) is 4.11. The number of hydrogen-bond donors (Lipinski definition) is 1. The number of rotatable bonds is 6. The van der Waals surface area contributed by atoms with E-state index in [-0.39, 0.29) is 11.5 Å². The van der Waals surface area contributed by atoms with Gasteiger partial charge in [-0.05, 0) is 24.8 Å². The van der Waals surface area contributed by atoms with Gasteiger partial charge in [0, 0.05) is 12.0 Å². The summed E-state index contributed by atoms with van der Waals surface area (Å²) in [6.45, 7) is 3.29. The van der Waals surface area contributed by atoms with Gasteiger partial charge in [-0.2, -0.15) is 0 Å². The molecule has 100 valence electrons. The van der Waals surface area contributed by atoms with Crippen LogP contribution in [0.2, 0.25) is 0 Å². The third kappa shape index (κ3) is 2.76. The Labute approximate surface area is 110 Å². The van der Waals surface area contributed by atoms with Crippen molar-refractivity contribution in [3.63, 3.8) is 0 Å². The summed E-state index contributed by atoms with van der Waals surface area (Å²) in [7, 11) is 0. The smallest absolute Gasteiger partial charge is 0.0869 e. The van der Waals surface area contributed by atoms with Crippen LogP contribution in [0.25, 0.3) is 0 Å². The number of benzene rings is 1. The molecule has 2 heteroatoms. The van der Waals surface area contributed by atoms with Crippen LogP contribution >= 0.6 is 0 Å². The van der Waals surface area contributed by atoms with Crippen LogP contribution in [-0.2, 0) is 10.2 Å². The van der Waals surface area contributed by atoms with Crippen LogP contribution in [0.15, 0.2) is 30.3 Å². The molecule has 0 aromatic heterocycles. The Kier molecular flexibility index (Phi) is 4.79. The fraction of sp³-hybridized carbons (Fsp3) is 0.625. The van der Waals surface area contributed by atoms with Crippen LogP contribution in [0.1, 0.15) is 44.6 Å². The summed E-state index contributed by atoms with van der Waals surface area (Å²) in [6, 6.07) is 10.5. The van der Waals surface area contributed by atoms with E-state index in [0.717, 1.165) is 25.9 Å². The highest BCUT2D eigenvalue weighted by molar-refractivity contribution is 5.28. The predicted molar refractivity (Wildman–Crippen MR) is 73.7 cm³/mol. The molecule has 1 fully saturated rings. The molecular weight excluding hydrogens is 224 g/mol. The second kappa shape index (κ2) is 6.35. The molecule has 1 aliphatic carbocycles. The monoisotopic (exact) mass is 248 g/mol. The molecule has 0 spiro atoms. The fourth-order valence-corrected chi connectivity index (χ4v) is 3.09. The molecule has 1 aliphatic rings. The highest BCUT2D eigenvalue weighted by Crippen LogP contribution is 2.43. The standard InChI is InChI=1S/C16H24O2/c1-2-12-18-13-15(17)16(10-6-7-11-16)14-8-4-3-5-9-14/h3-5,8-9,15,17H,2,6-7,10-13H2,1H3. The Morgan fingerprint density at radius 1 is 1.22 bits per heavy atom. The Balaban J connectivity index is 2.12. The quantitative estimate of drug-likeness (QED) is 0.783. The Morgan fingerprint density at radius 3 is 2.50 bits per heavy atom. The van der Waals surface area contributed by atoms with Gasteiger partial charge in [-0.25, -0.2) is 0 Å². The molecule has 2 nitrogen and oxygen atoms in total. The molecule has 0 saturated heterocycles. The van der Waals surface area contributed by atoms with Crippen molar-refractivity contribution in [3.05, 3.63) is 35.9 Å². The maximum atomic E-state index is 10.6. The van der Waals surface area contributed by atoms with Gasteiger partial charge in [0.2, 0.25) is 0 Å². The van der Waals surface area contributed by atoms with Crippen molar-refractivity contribution >= 4 is 0 Å². The molecule has 1 N–H and O–H groups in total. The molecule has 0 radical (unpaired) electrons. The lowest BCUT2D eigenvalue weighted by atomic mass is 9.74. The van der Waals surface area contributed by atoms with Crippen LogP contribution in [0.3, 0.4) is 0 Å². The van der Waals surface area contributed by atoms with Gasteiger partial charge in [0.05, 0.1) is 12.7 Å². The fourth-order valence-electron chi connectivity index (χ4n) is 3.09. The van der Waals surface area contributed by atoms with Crippen LogP contribution in [-0.4, -0.2) is 24.4 Å². The zero-order chi connectivity index (χ0) is 12.8. The SMILES string of the molecule is CCCOCC(O)C1(c2ccccc2)CCCC1. The summed E-state index contributed by atoms with van der Waals surface area (Å²) in [5, 5.41) is 10.6. The van der Waals surface area contributed by atoms with Crippen molar-refractivity contribution in [2.45, 2.75) is 50.5 Å². The Morgan fingerprint density at radius 2 is 1.89 bits per heavy atom. The molecule has 0 aliphatic heterocycles. The number of ether oxygens (including phenoxy) is 1. The first-order valence-electron chi connectivity index (χ1n) is 7.11. The van der Waals surface area contributed by atoms with Crippen molar-refractivity contribution in [2.24, 2.45) is 0 Å². The van der Waals surface area contributed by atoms with Crippen molar-refractivity contribution in [3.8, 4) is 0 Å². The molecule has 2 rings (SSSR count). The highest BCUT2D eigenvalue weighted by atomic mass is 16.5. The zero-order valence-corrected chi connectivity index (χ0v) is 11.3. The second-order valence-corrected chi connectivity index (χ2v) is 5.32. The maximum absolute atomic E-state index is 10.6. The van der Waals surface area contributed by atoms with E-state index in [0.29, 0.717) is 6.61 Å². The van der Waals surface area contributed by atoms with Crippen LogP contribution in [0, 0.1) is 0 Å². The van der Waals surface area contributed by atoms with Gasteiger partial charge >= 0.3 is 0 Å². The Hall–Kier alpha value is -0.860. The van der Waals surface area contributed by atoms with Crippen molar-refractivity contribution < 1.29 is 9.84 Å². The van der Waals surface area contributed by atoms with Crippen LogP contribution in [0.5, 0.6) is 0 Å². The topological polar surface area (TPSA) is 29.5 Å². The first-order chi connectivity index (χ1) is 8.79. The average Bonchev–Trinajstić information content (AvgIpc) is 2.90. The Bertz CT molecular complexity index is 341. The van der Waals surface area contributed by atoms with Crippen molar-refractivity contribution in [2.75, 3.05) is 13.2 Å². The van der Waals surface area contributed by atoms with Gasteiger partial charge in [-0.1, -0.05) is 50.1 Å². The van der Waals surface area contributed by atoms with Gasteiger partial charge in [0.15, 0.2) is 0 Å². The van der Waals surface area contributed by atoms with Gasteiger partial charge in [-0.3, -0.25) is 0 Å². The molecule has 1 aromatic carbocycles. The van der Waals surface area contributed by atoms with Gasteiger partial charge < -0.3 is 9.84 Å². The summed E-state index contributed by atoms with van der Waals surface area (Å²) in [4.78, 5) is 0. The molecule has 1 atom stereocenters. The van der Waals surface area contributed by atoms with E-state index in [1.54, 1.807) is 0 Å². The molecule has 0 amide bonds. The first kappa shape index (κ1) is 13.6. The van der Waals surface area contributed by atoms with E-state index < -0.39 is 0 Å². The summed E-state index contributed by atoms with van der Waals surface area (Å²) in [5.74, 6) is 0. The van der Waals surface area contributed by atoms with E-state index in [9.17, 15) is 5.11 Å². The molecule has 1 aromatic rings. The van der Waals surface area contributed by atoms with Gasteiger partial charge in [0.1, 0.15) is 0 Å². The van der Waals surface area contributed by atoms with Crippen molar-refractivity contribution in [1.82, 2.24) is 0 Å². The summed E-state index contributed by atoms with van der Waals surface area (Å²) in [5.41, 5.74) is 1.20. The normalized spacial score (nSPS) is 19.9. The molecule has 18 heavy (non-hydrogen) atoms. The van der Waals surface area contributed by atoms with Crippen LogP contribution < -0.4 is 0 Å². The maximum Gasteiger partial charge on any atom is 0.0869 e. The van der Waals surface area contributed by atoms with E-state index in [4.69, 9.17) is 4.74 Å². The molecule has 0 heterocycles. The van der Waals surface area contributed by atoms with E-state index >= 15 is 0 Å². The molecule has 1 unspecified atom stereocenters. The number of aliphatic hydroxyl groups is 1. The minimum atomic E-state index is -0.381. The average molecular weight is 248 g/mol. The molecule has 0 bridgehead atoms. The lowest BCUT2D eigenvalue weighted by molar-refractivity contribution is -0.00823. The second-order valence-electron chi connectivity index (χ2n) is 5.32. The summed E-state index contributed by atoms with van der Waals surface area (Å²) < 4.78 is 5.55. The van der Waals surface area contributed by atoms with Crippen molar-refractivity contribution in [1.29, 1.82) is 0 Å². The highest BCUT2D eigenvalue weighted by Gasteiger charge is 2.41. The summed E-state index contributed by atoms with van der Waals surface area (Å²) in [6.07, 6.45) is 5.19. The molecular formula is C16H24O2. The lowest BCUT2D eigenvalue weighted by Crippen LogP contribution is -2.40. The minimum absolute atomic E-state index is 0.0744. The van der Waals surface area contributed by atoms with E-state index in [1.807, 2.05) is 6.07 Å². The number of hydrogen-bond acceptors (Lipinski definition) is 2. The summed E-state index contributed by atoms with van der Waals surface area (Å²) >= 11 is 0. The number of aliphatic hydroxyl groups excluding tert-OH is 1.